The van der Waals surface area contributed by atoms with Crippen LogP contribution in [0.4, 0.5) is 0 Å². The van der Waals surface area contributed by atoms with Crippen molar-refractivity contribution in [2.75, 3.05) is 33.3 Å². The molecule has 2 rings (SSSR count). The van der Waals surface area contributed by atoms with Gasteiger partial charge in [0.2, 0.25) is 5.91 Å². The van der Waals surface area contributed by atoms with Crippen molar-refractivity contribution >= 4 is 5.91 Å². The van der Waals surface area contributed by atoms with E-state index >= 15 is 0 Å². The molecule has 23 heavy (non-hydrogen) atoms. The van der Waals surface area contributed by atoms with Gasteiger partial charge in [0.15, 0.2) is 0 Å². The van der Waals surface area contributed by atoms with E-state index in [1.165, 1.54) is 12.0 Å². The van der Waals surface area contributed by atoms with Crippen molar-refractivity contribution in [2.24, 2.45) is 0 Å². The minimum atomic E-state index is -0.0925. The van der Waals surface area contributed by atoms with Crippen LogP contribution >= 0.6 is 0 Å². The van der Waals surface area contributed by atoms with Gasteiger partial charge in [-0.15, -0.1) is 0 Å². The number of piperidine rings is 1. The molecule has 0 saturated carbocycles. The van der Waals surface area contributed by atoms with Crippen molar-refractivity contribution in [3.8, 4) is 5.75 Å². The monoisotopic (exact) mass is 319 g/mol. The molecule has 1 fully saturated rings. The van der Waals surface area contributed by atoms with Gasteiger partial charge in [0.25, 0.3) is 0 Å². The molecule has 0 bridgehead atoms. The summed E-state index contributed by atoms with van der Waals surface area (Å²) in [4.78, 5) is 14.5. The number of nitrogens with zero attached hydrogens (tertiary/aromatic N) is 1. The average Bonchev–Trinajstić information content (AvgIpc) is 2.58. The molecule has 0 spiro atoms. The lowest BCUT2D eigenvalue weighted by Crippen LogP contribution is -2.53. The van der Waals surface area contributed by atoms with Gasteiger partial charge in [-0.3, -0.25) is 9.69 Å². The van der Waals surface area contributed by atoms with Crippen LogP contribution in [0, 0.1) is 6.92 Å². The Labute approximate surface area is 139 Å². The van der Waals surface area contributed by atoms with E-state index in [1.807, 2.05) is 45.2 Å². The molecule has 128 valence electrons. The van der Waals surface area contributed by atoms with Gasteiger partial charge >= 0.3 is 0 Å². The molecule has 2 unspecified atom stereocenters. The van der Waals surface area contributed by atoms with Crippen LogP contribution in [0.2, 0.25) is 0 Å². The fourth-order valence-corrected chi connectivity index (χ4v) is 2.96. The number of likely N-dealkylation sites (N-methyl/N-ethyl adjacent to an activating group) is 1. The molecule has 5 heteroatoms. The van der Waals surface area contributed by atoms with Gasteiger partial charge in [-0.2, -0.15) is 0 Å². The van der Waals surface area contributed by atoms with Gasteiger partial charge < -0.3 is 15.4 Å². The fraction of sp³-hybridized carbons (Fsp3) is 0.611. The van der Waals surface area contributed by atoms with E-state index < -0.39 is 0 Å². The Bertz CT molecular complexity index is 507. The standard InChI is InChI=1S/C18H29N3O2/c1-14-6-4-8-17(12-14)23-11-9-20-18(22)15(2)21-10-5-7-16(13-21)19-3/h4,6,8,12,15-16,19H,5,7,9-11,13H2,1-3H3,(H,20,22). The first-order valence-electron chi connectivity index (χ1n) is 8.48. The number of nitrogens with one attached hydrogen (secondary N) is 2. The molecule has 0 aromatic heterocycles. The molecule has 1 aliphatic heterocycles. The van der Waals surface area contributed by atoms with E-state index in [1.54, 1.807) is 0 Å². The highest BCUT2D eigenvalue weighted by atomic mass is 16.5. The lowest BCUT2D eigenvalue weighted by molar-refractivity contribution is -0.126. The third-order valence-electron chi connectivity index (χ3n) is 4.45. The smallest absolute Gasteiger partial charge is 0.237 e. The average molecular weight is 319 g/mol. The van der Waals surface area contributed by atoms with E-state index in [4.69, 9.17) is 4.74 Å². The largest absolute Gasteiger partial charge is 0.492 e. The summed E-state index contributed by atoms with van der Waals surface area (Å²) in [5, 5.41) is 6.28. The van der Waals surface area contributed by atoms with Crippen molar-refractivity contribution < 1.29 is 9.53 Å². The van der Waals surface area contributed by atoms with E-state index in [0.717, 1.165) is 25.3 Å². The maximum absolute atomic E-state index is 12.3. The summed E-state index contributed by atoms with van der Waals surface area (Å²) in [7, 11) is 1.99. The minimum Gasteiger partial charge on any atom is -0.492 e. The van der Waals surface area contributed by atoms with Crippen LogP contribution in [0.5, 0.6) is 5.75 Å². The maximum atomic E-state index is 12.3. The van der Waals surface area contributed by atoms with Crippen molar-refractivity contribution in [1.82, 2.24) is 15.5 Å². The number of hydrogen-bond donors (Lipinski definition) is 2. The van der Waals surface area contributed by atoms with Gasteiger partial charge in [0.05, 0.1) is 12.6 Å². The summed E-state index contributed by atoms with van der Waals surface area (Å²) in [5.41, 5.74) is 1.17. The van der Waals surface area contributed by atoms with Crippen molar-refractivity contribution in [3.63, 3.8) is 0 Å². The first-order valence-corrected chi connectivity index (χ1v) is 8.48. The molecule has 1 aromatic rings. The number of amides is 1. The third kappa shape index (κ3) is 5.52. The lowest BCUT2D eigenvalue weighted by atomic mass is 10.0. The Kier molecular flexibility index (Phi) is 6.86. The highest BCUT2D eigenvalue weighted by Crippen LogP contribution is 2.13. The van der Waals surface area contributed by atoms with Crippen molar-refractivity contribution in [1.29, 1.82) is 0 Å². The number of carbonyl (C=O) groups excluding carboxylic acids is 1. The minimum absolute atomic E-state index is 0.0783. The number of hydrogen-bond acceptors (Lipinski definition) is 4. The summed E-state index contributed by atoms with van der Waals surface area (Å²) in [5.74, 6) is 0.926. The highest BCUT2D eigenvalue weighted by Gasteiger charge is 2.26. The van der Waals surface area contributed by atoms with Crippen LogP contribution in [-0.4, -0.2) is 56.2 Å². The number of benzene rings is 1. The maximum Gasteiger partial charge on any atom is 0.237 e. The summed E-state index contributed by atoms with van der Waals surface area (Å²) >= 11 is 0. The number of carbonyl (C=O) groups is 1. The summed E-state index contributed by atoms with van der Waals surface area (Å²) in [6, 6.07) is 8.33. The molecule has 0 radical (unpaired) electrons. The van der Waals surface area contributed by atoms with E-state index in [2.05, 4.69) is 15.5 Å². The van der Waals surface area contributed by atoms with Crippen LogP contribution in [0.1, 0.15) is 25.3 Å². The van der Waals surface area contributed by atoms with Gasteiger partial charge in [-0.1, -0.05) is 12.1 Å². The molecular weight excluding hydrogens is 290 g/mol. The van der Waals surface area contributed by atoms with Gasteiger partial charge in [-0.25, -0.2) is 0 Å². The molecule has 0 aliphatic carbocycles. The highest BCUT2D eigenvalue weighted by molar-refractivity contribution is 5.81. The lowest BCUT2D eigenvalue weighted by Gasteiger charge is -2.35. The van der Waals surface area contributed by atoms with Gasteiger partial charge in [-0.05, 0) is 58.0 Å². The van der Waals surface area contributed by atoms with Crippen LogP contribution in [-0.2, 0) is 4.79 Å². The molecule has 2 N–H and O–H groups in total. The zero-order valence-corrected chi connectivity index (χ0v) is 14.5. The predicted molar refractivity (Wildman–Crippen MR) is 92.8 cm³/mol. The molecule has 2 atom stereocenters. The normalized spacial score (nSPS) is 20.0. The SMILES string of the molecule is CNC1CCCN(C(C)C(=O)NCCOc2cccc(C)c2)C1. The summed E-state index contributed by atoms with van der Waals surface area (Å²) in [6.07, 6.45) is 2.32. The number of aryl methyl sites for hydroxylation is 1. The molecule has 1 aromatic carbocycles. The second-order valence-electron chi connectivity index (χ2n) is 6.25. The van der Waals surface area contributed by atoms with E-state index in [9.17, 15) is 4.79 Å². The molecule has 1 amide bonds. The van der Waals surface area contributed by atoms with Gasteiger partial charge in [0.1, 0.15) is 12.4 Å². The zero-order chi connectivity index (χ0) is 16.7. The van der Waals surface area contributed by atoms with Crippen LogP contribution in [0.3, 0.4) is 0 Å². The topological polar surface area (TPSA) is 53.6 Å². The Morgan fingerprint density at radius 2 is 2.30 bits per heavy atom. The van der Waals surface area contributed by atoms with Crippen LogP contribution < -0.4 is 15.4 Å². The fourth-order valence-electron chi connectivity index (χ4n) is 2.96. The summed E-state index contributed by atoms with van der Waals surface area (Å²) < 4.78 is 5.66. The molecule has 1 saturated heterocycles. The first kappa shape index (κ1) is 17.8. The Balaban J connectivity index is 1.69. The van der Waals surface area contributed by atoms with Crippen LogP contribution in [0.25, 0.3) is 0 Å². The molecular formula is C18H29N3O2. The van der Waals surface area contributed by atoms with E-state index in [-0.39, 0.29) is 11.9 Å². The quantitative estimate of drug-likeness (QED) is 0.749. The third-order valence-corrected chi connectivity index (χ3v) is 4.45. The first-order chi connectivity index (χ1) is 11.1. The van der Waals surface area contributed by atoms with Crippen LogP contribution in [0.15, 0.2) is 24.3 Å². The summed E-state index contributed by atoms with van der Waals surface area (Å²) in [6.45, 7) is 6.96. The number of likely N-dealkylation sites (tertiary alicyclic amines) is 1. The number of ether oxygens (including phenoxy) is 1. The Morgan fingerprint density at radius 3 is 3.04 bits per heavy atom. The predicted octanol–water partition coefficient (Wildman–Crippen LogP) is 1.56. The number of rotatable bonds is 7. The van der Waals surface area contributed by atoms with E-state index in [0.29, 0.717) is 19.2 Å². The second kappa shape index (κ2) is 8.89. The Morgan fingerprint density at radius 1 is 1.48 bits per heavy atom. The molecule has 1 heterocycles. The van der Waals surface area contributed by atoms with Crippen molar-refractivity contribution in [3.05, 3.63) is 29.8 Å². The molecule has 5 nitrogen and oxygen atoms in total. The Hall–Kier alpha value is -1.59. The zero-order valence-electron chi connectivity index (χ0n) is 14.5. The molecule has 1 aliphatic rings. The van der Waals surface area contributed by atoms with Gasteiger partial charge in [0, 0.05) is 12.6 Å². The second-order valence-corrected chi connectivity index (χ2v) is 6.25. The van der Waals surface area contributed by atoms with Crippen molar-refractivity contribution in [2.45, 2.75) is 38.8 Å².